The van der Waals surface area contributed by atoms with Gasteiger partial charge in [0.25, 0.3) is 0 Å². The molecule has 0 spiro atoms. The lowest BCUT2D eigenvalue weighted by atomic mass is 10.1. The minimum Gasteiger partial charge on any atom is -0.325 e. The van der Waals surface area contributed by atoms with Gasteiger partial charge in [0.15, 0.2) is 0 Å². The van der Waals surface area contributed by atoms with Gasteiger partial charge in [0, 0.05) is 17.8 Å². The molecule has 0 saturated carbocycles. The summed E-state index contributed by atoms with van der Waals surface area (Å²) < 4.78 is 38.7. The fourth-order valence-corrected chi connectivity index (χ4v) is 3.14. The number of nitrogens with zero attached hydrogens (tertiary/aromatic N) is 1. The molecule has 0 radical (unpaired) electrons. The van der Waals surface area contributed by atoms with Crippen LogP contribution in [0.4, 0.5) is 10.1 Å². The Bertz CT molecular complexity index is 882. The van der Waals surface area contributed by atoms with Crippen LogP contribution in [0.15, 0.2) is 42.5 Å². The normalized spacial score (nSPS) is 11.6. The molecule has 2 aromatic rings. The van der Waals surface area contributed by atoms with E-state index in [-0.39, 0.29) is 18.7 Å². The summed E-state index contributed by atoms with van der Waals surface area (Å²) in [7, 11) is -3.68. The molecule has 0 aromatic heterocycles. The van der Waals surface area contributed by atoms with Crippen LogP contribution >= 0.6 is 0 Å². The maximum Gasteiger partial charge on any atom is 0.239 e. The van der Waals surface area contributed by atoms with Crippen molar-refractivity contribution >= 4 is 21.6 Å². The van der Waals surface area contributed by atoms with Crippen molar-refractivity contribution in [2.45, 2.75) is 20.4 Å². The maximum absolute atomic E-state index is 13.8. The van der Waals surface area contributed by atoms with Crippen molar-refractivity contribution in [3.05, 3.63) is 65.0 Å². The molecule has 0 aliphatic rings. The number of hydrogen-bond acceptors (Lipinski definition) is 3. The van der Waals surface area contributed by atoms with E-state index in [9.17, 15) is 17.6 Å². The highest BCUT2D eigenvalue weighted by Crippen LogP contribution is 2.17. The summed E-state index contributed by atoms with van der Waals surface area (Å²) in [6.07, 6.45) is 0.998. The Labute approximate surface area is 147 Å². The topological polar surface area (TPSA) is 66.5 Å². The molecule has 0 unspecified atom stereocenters. The molecule has 2 aromatic carbocycles. The number of anilines is 1. The van der Waals surface area contributed by atoms with Crippen molar-refractivity contribution in [1.82, 2.24) is 4.31 Å². The molecule has 0 aliphatic heterocycles. The van der Waals surface area contributed by atoms with Gasteiger partial charge in [-0.2, -0.15) is 4.31 Å². The third-order valence-corrected chi connectivity index (χ3v) is 4.95. The summed E-state index contributed by atoms with van der Waals surface area (Å²) in [5.41, 5.74) is 2.78. The Hall–Kier alpha value is -2.25. The average Bonchev–Trinajstić information content (AvgIpc) is 2.50. The van der Waals surface area contributed by atoms with Crippen LogP contribution in [0, 0.1) is 19.7 Å². The Balaban J connectivity index is 2.14. The van der Waals surface area contributed by atoms with Crippen molar-refractivity contribution in [1.29, 1.82) is 0 Å². The molecular formula is C18H21FN2O3S. The van der Waals surface area contributed by atoms with Gasteiger partial charge in [0.1, 0.15) is 5.82 Å². The Morgan fingerprint density at radius 1 is 1.16 bits per heavy atom. The summed E-state index contributed by atoms with van der Waals surface area (Å²) in [4.78, 5) is 12.3. The summed E-state index contributed by atoms with van der Waals surface area (Å²) in [5.74, 6) is -0.986. The smallest absolute Gasteiger partial charge is 0.239 e. The van der Waals surface area contributed by atoms with Crippen LogP contribution in [-0.2, 0) is 21.4 Å². The van der Waals surface area contributed by atoms with Crippen LogP contribution in [0.25, 0.3) is 0 Å². The number of nitrogens with one attached hydrogen (secondary N) is 1. The first-order valence-electron chi connectivity index (χ1n) is 7.72. The van der Waals surface area contributed by atoms with Crippen LogP contribution in [0.2, 0.25) is 0 Å². The van der Waals surface area contributed by atoms with Crippen LogP contribution < -0.4 is 5.32 Å². The molecule has 1 N–H and O–H groups in total. The number of rotatable bonds is 6. The van der Waals surface area contributed by atoms with Crippen LogP contribution in [0.3, 0.4) is 0 Å². The monoisotopic (exact) mass is 364 g/mol. The van der Waals surface area contributed by atoms with Crippen molar-refractivity contribution in [3.63, 3.8) is 0 Å². The zero-order valence-corrected chi connectivity index (χ0v) is 15.2. The highest BCUT2D eigenvalue weighted by Gasteiger charge is 2.22. The van der Waals surface area contributed by atoms with E-state index in [0.717, 1.165) is 21.7 Å². The van der Waals surface area contributed by atoms with Crippen LogP contribution in [0.5, 0.6) is 0 Å². The second kappa shape index (κ2) is 7.76. The average molecular weight is 364 g/mol. The quantitative estimate of drug-likeness (QED) is 0.857. The van der Waals surface area contributed by atoms with Crippen LogP contribution in [0.1, 0.15) is 16.7 Å². The molecule has 1 amide bonds. The number of carbonyl (C=O) groups is 1. The van der Waals surface area contributed by atoms with Gasteiger partial charge in [0.05, 0.1) is 12.8 Å². The van der Waals surface area contributed by atoms with Gasteiger partial charge in [0.2, 0.25) is 15.9 Å². The van der Waals surface area contributed by atoms with Gasteiger partial charge in [-0.15, -0.1) is 0 Å². The second-order valence-corrected chi connectivity index (χ2v) is 7.97. The third kappa shape index (κ3) is 5.37. The lowest BCUT2D eigenvalue weighted by Gasteiger charge is -2.20. The fourth-order valence-electron chi connectivity index (χ4n) is 2.41. The van der Waals surface area contributed by atoms with E-state index in [1.54, 1.807) is 12.1 Å². The van der Waals surface area contributed by atoms with E-state index in [0.29, 0.717) is 5.69 Å². The van der Waals surface area contributed by atoms with Crippen LogP contribution in [-0.4, -0.2) is 31.4 Å². The molecule has 0 heterocycles. The standard InChI is InChI=1S/C18H21FN2O3S/c1-13-8-9-17(14(2)10-13)20-18(22)12-21(25(3,23)24)11-15-6-4-5-7-16(15)19/h4-10H,11-12H2,1-3H3,(H,20,22). The molecule has 0 fully saturated rings. The molecule has 0 saturated heterocycles. The lowest BCUT2D eigenvalue weighted by Crippen LogP contribution is -2.37. The number of amides is 1. The van der Waals surface area contributed by atoms with Gasteiger partial charge in [-0.25, -0.2) is 12.8 Å². The third-order valence-electron chi connectivity index (χ3n) is 3.75. The Kier molecular flexibility index (Phi) is 5.92. The molecule has 5 nitrogen and oxygen atoms in total. The summed E-state index contributed by atoms with van der Waals surface area (Å²) in [5, 5.41) is 2.70. The molecule has 2 rings (SSSR count). The second-order valence-electron chi connectivity index (χ2n) is 5.99. The molecular weight excluding hydrogens is 343 g/mol. The lowest BCUT2D eigenvalue weighted by molar-refractivity contribution is -0.116. The van der Waals surface area contributed by atoms with E-state index in [4.69, 9.17) is 0 Å². The number of carbonyl (C=O) groups excluding carboxylic acids is 1. The predicted octanol–water partition coefficient (Wildman–Crippen LogP) is 2.84. The molecule has 0 atom stereocenters. The van der Waals surface area contributed by atoms with E-state index in [2.05, 4.69) is 5.32 Å². The van der Waals surface area contributed by atoms with E-state index in [1.165, 1.54) is 18.2 Å². The van der Waals surface area contributed by atoms with Crippen molar-refractivity contribution in [2.24, 2.45) is 0 Å². The number of sulfonamides is 1. The summed E-state index contributed by atoms with van der Waals surface area (Å²) in [6.45, 7) is 3.21. The number of halogens is 1. The first kappa shape index (κ1) is 19.1. The molecule has 25 heavy (non-hydrogen) atoms. The van der Waals surface area contributed by atoms with Gasteiger partial charge in [-0.3, -0.25) is 4.79 Å². The molecule has 0 bridgehead atoms. The van der Waals surface area contributed by atoms with Crippen molar-refractivity contribution < 1.29 is 17.6 Å². The minimum absolute atomic E-state index is 0.203. The van der Waals surface area contributed by atoms with Crippen molar-refractivity contribution in [3.8, 4) is 0 Å². The minimum atomic E-state index is -3.68. The maximum atomic E-state index is 13.8. The largest absolute Gasteiger partial charge is 0.325 e. The SMILES string of the molecule is Cc1ccc(NC(=O)CN(Cc2ccccc2F)S(C)(=O)=O)c(C)c1. The van der Waals surface area contributed by atoms with E-state index >= 15 is 0 Å². The number of hydrogen-bond donors (Lipinski definition) is 1. The first-order valence-corrected chi connectivity index (χ1v) is 9.57. The summed E-state index contributed by atoms with van der Waals surface area (Å²) in [6, 6.07) is 11.4. The van der Waals surface area contributed by atoms with Gasteiger partial charge in [-0.05, 0) is 31.5 Å². The number of benzene rings is 2. The Morgan fingerprint density at radius 3 is 2.44 bits per heavy atom. The number of aryl methyl sites for hydroxylation is 2. The molecule has 134 valence electrons. The van der Waals surface area contributed by atoms with E-state index in [1.807, 2.05) is 26.0 Å². The molecule has 0 aliphatic carbocycles. The molecule has 7 heteroatoms. The first-order chi connectivity index (χ1) is 11.7. The zero-order valence-electron chi connectivity index (χ0n) is 14.4. The predicted molar refractivity (Wildman–Crippen MR) is 96.2 cm³/mol. The van der Waals surface area contributed by atoms with Crippen molar-refractivity contribution in [2.75, 3.05) is 18.1 Å². The fraction of sp³-hybridized carbons (Fsp3) is 0.278. The van der Waals surface area contributed by atoms with Gasteiger partial charge >= 0.3 is 0 Å². The van der Waals surface area contributed by atoms with Gasteiger partial charge < -0.3 is 5.32 Å². The Morgan fingerprint density at radius 2 is 1.84 bits per heavy atom. The highest BCUT2D eigenvalue weighted by atomic mass is 32.2. The van der Waals surface area contributed by atoms with Gasteiger partial charge in [-0.1, -0.05) is 35.9 Å². The summed E-state index contributed by atoms with van der Waals surface area (Å²) >= 11 is 0. The highest BCUT2D eigenvalue weighted by molar-refractivity contribution is 7.88. The van der Waals surface area contributed by atoms with E-state index < -0.39 is 21.7 Å². The zero-order chi connectivity index (χ0) is 18.6.